The summed E-state index contributed by atoms with van der Waals surface area (Å²) in [4.78, 5) is 10.7. The monoisotopic (exact) mass is 400 g/mol. The lowest BCUT2D eigenvalue weighted by Crippen LogP contribution is -2.39. The minimum Gasteiger partial charge on any atom is -0.373 e. The Bertz CT molecular complexity index is 731. The van der Waals surface area contributed by atoms with Crippen molar-refractivity contribution in [2.75, 3.05) is 26.2 Å². The molecular weight excluding hydrogens is 368 g/mol. The number of hydrogen-bond donors (Lipinski definition) is 2. The number of guanidine groups is 1. The van der Waals surface area contributed by atoms with Gasteiger partial charge in [0.05, 0.1) is 11.1 Å². The third kappa shape index (κ3) is 6.04. The number of nitrogens with one attached hydrogen (secondary N) is 2. The van der Waals surface area contributed by atoms with Crippen molar-refractivity contribution in [2.45, 2.75) is 45.6 Å². The number of hydrogen-bond acceptors (Lipinski definition) is 4. The molecule has 0 radical (unpaired) electrons. The minimum absolute atomic E-state index is 0.143. The Kier molecular flexibility index (Phi) is 8.30. The minimum atomic E-state index is 0.143. The number of ether oxygens (including phenoxy) is 1. The molecule has 0 amide bonds. The molecule has 1 fully saturated rings. The van der Waals surface area contributed by atoms with Crippen molar-refractivity contribution in [1.29, 1.82) is 0 Å². The summed E-state index contributed by atoms with van der Waals surface area (Å²) in [6, 6.07) is 10.5. The second kappa shape index (κ2) is 11.2. The van der Waals surface area contributed by atoms with Crippen molar-refractivity contribution in [3.63, 3.8) is 0 Å². The van der Waals surface area contributed by atoms with E-state index >= 15 is 0 Å². The molecule has 2 aromatic rings. The highest BCUT2D eigenvalue weighted by atomic mass is 32.1. The highest BCUT2D eigenvalue weighted by Crippen LogP contribution is 2.33. The van der Waals surface area contributed by atoms with E-state index in [2.05, 4.69) is 59.8 Å². The molecular formula is C22H32N4OS. The van der Waals surface area contributed by atoms with E-state index in [1.54, 1.807) is 11.3 Å². The molecule has 1 aliphatic heterocycles. The number of rotatable bonds is 8. The standard InChI is InChI=1S/C22H32N4OS/c1-3-19-16-25-20(28-19)12-13-24-22(23-4-2)26-15-18-11-8-14-27-21(18)17-9-6-5-7-10-17/h5-7,9-10,16,18,21H,3-4,8,11-15H2,1-2H3,(H2,23,24,26). The van der Waals surface area contributed by atoms with Crippen LogP contribution in [0.1, 0.15) is 48.2 Å². The molecule has 0 spiro atoms. The van der Waals surface area contributed by atoms with E-state index in [-0.39, 0.29) is 6.10 Å². The van der Waals surface area contributed by atoms with Crippen LogP contribution in [-0.4, -0.2) is 37.2 Å². The van der Waals surface area contributed by atoms with E-state index in [1.807, 2.05) is 6.20 Å². The first-order valence-electron chi connectivity index (χ1n) is 10.4. The Hall–Kier alpha value is -1.92. The van der Waals surface area contributed by atoms with Gasteiger partial charge in [-0.25, -0.2) is 4.98 Å². The first-order chi connectivity index (χ1) is 13.8. The first kappa shape index (κ1) is 20.8. The summed E-state index contributed by atoms with van der Waals surface area (Å²) in [5, 5.41) is 8.00. The van der Waals surface area contributed by atoms with Crippen molar-refractivity contribution >= 4 is 17.3 Å². The summed E-state index contributed by atoms with van der Waals surface area (Å²) in [5.74, 6) is 1.30. The Morgan fingerprint density at radius 3 is 2.86 bits per heavy atom. The van der Waals surface area contributed by atoms with Gasteiger partial charge >= 0.3 is 0 Å². The maximum atomic E-state index is 6.10. The van der Waals surface area contributed by atoms with Gasteiger partial charge in [0.15, 0.2) is 5.96 Å². The lowest BCUT2D eigenvalue weighted by atomic mass is 9.89. The summed E-state index contributed by atoms with van der Waals surface area (Å²) in [7, 11) is 0. The van der Waals surface area contributed by atoms with Gasteiger partial charge < -0.3 is 15.4 Å². The van der Waals surface area contributed by atoms with Gasteiger partial charge in [-0.2, -0.15) is 0 Å². The van der Waals surface area contributed by atoms with E-state index in [0.29, 0.717) is 5.92 Å². The summed E-state index contributed by atoms with van der Waals surface area (Å²) in [6.45, 7) is 7.57. The lowest BCUT2D eigenvalue weighted by Gasteiger charge is -2.31. The van der Waals surface area contributed by atoms with Crippen LogP contribution in [-0.2, 0) is 17.6 Å². The normalized spacial score (nSPS) is 20.1. The van der Waals surface area contributed by atoms with Crippen LogP contribution in [0.25, 0.3) is 0 Å². The first-order valence-corrected chi connectivity index (χ1v) is 11.2. The maximum Gasteiger partial charge on any atom is 0.191 e. The molecule has 6 heteroatoms. The van der Waals surface area contributed by atoms with E-state index < -0.39 is 0 Å². The molecule has 1 aromatic carbocycles. The molecule has 1 aromatic heterocycles. The topological polar surface area (TPSA) is 58.5 Å². The van der Waals surface area contributed by atoms with E-state index in [9.17, 15) is 0 Å². The zero-order valence-electron chi connectivity index (χ0n) is 17.0. The Balaban J connectivity index is 1.56. The average Bonchev–Trinajstić information content (AvgIpc) is 3.21. The van der Waals surface area contributed by atoms with Crippen LogP contribution in [0.5, 0.6) is 0 Å². The molecule has 3 rings (SSSR count). The summed E-state index contributed by atoms with van der Waals surface area (Å²) in [5.41, 5.74) is 1.26. The quantitative estimate of drug-likeness (QED) is 0.520. The van der Waals surface area contributed by atoms with E-state index in [0.717, 1.165) is 57.9 Å². The van der Waals surface area contributed by atoms with E-state index in [1.165, 1.54) is 15.4 Å². The van der Waals surface area contributed by atoms with Crippen LogP contribution in [0, 0.1) is 5.92 Å². The third-order valence-corrected chi connectivity index (χ3v) is 6.18. The molecule has 1 saturated heterocycles. The molecule has 5 nitrogen and oxygen atoms in total. The molecule has 0 aliphatic carbocycles. The number of thiazole rings is 1. The van der Waals surface area contributed by atoms with Gasteiger partial charge in [-0.05, 0) is 31.7 Å². The van der Waals surface area contributed by atoms with Crippen LogP contribution in [0.2, 0.25) is 0 Å². The van der Waals surface area contributed by atoms with Crippen LogP contribution in [0.3, 0.4) is 0 Å². The second-order valence-corrected chi connectivity index (χ2v) is 8.27. The zero-order valence-corrected chi connectivity index (χ0v) is 17.8. The summed E-state index contributed by atoms with van der Waals surface area (Å²) < 4.78 is 6.10. The van der Waals surface area contributed by atoms with Crippen molar-refractivity contribution < 1.29 is 4.74 Å². The smallest absolute Gasteiger partial charge is 0.191 e. The van der Waals surface area contributed by atoms with E-state index in [4.69, 9.17) is 9.73 Å². The van der Waals surface area contributed by atoms with Gasteiger partial charge in [-0.3, -0.25) is 4.99 Å². The van der Waals surface area contributed by atoms with Gasteiger partial charge in [0.25, 0.3) is 0 Å². The number of benzene rings is 1. The largest absolute Gasteiger partial charge is 0.373 e. The molecule has 0 bridgehead atoms. The highest BCUT2D eigenvalue weighted by molar-refractivity contribution is 7.11. The Labute approximate surface area is 172 Å². The average molecular weight is 401 g/mol. The van der Waals surface area contributed by atoms with Gasteiger partial charge in [0.1, 0.15) is 0 Å². The Morgan fingerprint density at radius 2 is 2.11 bits per heavy atom. The number of aromatic nitrogens is 1. The molecule has 2 unspecified atom stereocenters. The zero-order chi connectivity index (χ0) is 19.6. The molecule has 1 aliphatic rings. The molecule has 28 heavy (non-hydrogen) atoms. The van der Waals surface area contributed by atoms with Crippen molar-refractivity contribution in [3.05, 3.63) is 52.0 Å². The fourth-order valence-electron chi connectivity index (χ4n) is 3.51. The predicted octanol–water partition coefficient (Wildman–Crippen LogP) is 3.97. The molecule has 2 N–H and O–H groups in total. The second-order valence-electron chi connectivity index (χ2n) is 7.07. The van der Waals surface area contributed by atoms with Gasteiger partial charge in [0, 0.05) is 49.7 Å². The molecule has 0 saturated carbocycles. The molecule has 2 heterocycles. The van der Waals surface area contributed by atoms with Gasteiger partial charge in [0.2, 0.25) is 0 Å². The summed E-state index contributed by atoms with van der Waals surface area (Å²) in [6.07, 6.45) is 6.38. The molecule has 2 atom stereocenters. The van der Waals surface area contributed by atoms with Gasteiger partial charge in [-0.1, -0.05) is 37.3 Å². The number of nitrogens with zero attached hydrogens (tertiary/aromatic N) is 2. The fourth-order valence-corrected chi connectivity index (χ4v) is 4.37. The predicted molar refractivity (Wildman–Crippen MR) is 117 cm³/mol. The number of aliphatic imine (C=N–C) groups is 1. The highest BCUT2D eigenvalue weighted by Gasteiger charge is 2.27. The van der Waals surface area contributed by atoms with Gasteiger partial charge in [-0.15, -0.1) is 11.3 Å². The lowest BCUT2D eigenvalue weighted by molar-refractivity contribution is -0.0250. The van der Waals surface area contributed by atoms with Crippen LogP contribution in [0.15, 0.2) is 41.5 Å². The number of aryl methyl sites for hydroxylation is 1. The summed E-state index contributed by atoms with van der Waals surface area (Å²) >= 11 is 1.80. The van der Waals surface area contributed by atoms with Crippen LogP contribution < -0.4 is 10.6 Å². The van der Waals surface area contributed by atoms with Crippen LogP contribution >= 0.6 is 11.3 Å². The van der Waals surface area contributed by atoms with Crippen molar-refractivity contribution in [1.82, 2.24) is 15.6 Å². The van der Waals surface area contributed by atoms with Crippen molar-refractivity contribution in [2.24, 2.45) is 10.9 Å². The fraction of sp³-hybridized carbons (Fsp3) is 0.545. The van der Waals surface area contributed by atoms with Crippen LogP contribution in [0.4, 0.5) is 0 Å². The molecule has 152 valence electrons. The maximum absolute atomic E-state index is 6.10. The SMILES string of the molecule is CCNC(=NCC1CCCOC1c1ccccc1)NCCc1ncc(CC)s1. The van der Waals surface area contributed by atoms with Crippen molar-refractivity contribution in [3.8, 4) is 0 Å². The third-order valence-electron chi connectivity index (χ3n) is 4.98. The Morgan fingerprint density at radius 1 is 1.25 bits per heavy atom.